The molecule has 0 unspecified atom stereocenters. The number of carbonyl (C=O) groups is 3. The van der Waals surface area contributed by atoms with Crippen LogP contribution in [-0.4, -0.2) is 47.1 Å². The van der Waals surface area contributed by atoms with Gasteiger partial charge in [0.25, 0.3) is 0 Å². The second-order valence-corrected chi connectivity index (χ2v) is 11.3. The SMILES string of the molecule is C/C(=C\c1ccc(-c2csc(N3CCOC3=O)n2)cc1C)C(=O)NC1(C(=O)NC2(C#N)CC2)CCCCC1. The molecule has 0 atom stereocenters. The zero-order chi connectivity index (χ0) is 26.9. The number of amides is 3. The number of carbonyl (C=O) groups excluding carboxylic acids is 3. The minimum Gasteiger partial charge on any atom is -0.447 e. The number of benzene rings is 1. The van der Waals surface area contributed by atoms with Gasteiger partial charge in [-0.15, -0.1) is 11.3 Å². The average Bonchev–Trinajstić information content (AvgIpc) is 3.29. The van der Waals surface area contributed by atoms with Crippen molar-refractivity contribution in [3.8, 4) is 17.3 Å². The molecule has 0 spiro atoms. The van der Waals surface area contributed by atoms with Crippen molar-refractivity contribution in [2.45, 2.75) is 69.9 Å². The van der Waals surface area contributed by atoms with Gasteiger partial charge in [-0.25, -0.2) is 14.7 Å². The van der Waals surface area contributed by atoms with Crippen LogP contribution >= 0.6 is 11.3 Å². The van der Waals surface area contributed by atoms with Crippen molar-refractivity contribution >= 4 is 40.5 Å². The van der Waals surface area contributed by atoms with Gasteiger partial charge in [-0.05, 0) is 62.8 Å². The summed E-state index contributed by atoms with van der Waals surface area (Å²) in [4.78, 5) is 44.5. The number of nitriles is 1. The molecule has 10 heteroatoms. The minimum atomic E-state index is -0.986. The number of thiazole rings is 1. The van der Waals surface area contributed by atoms with E-state index in [0.29, 0.717) is 49.5 Å². The Morgan fingerprint density at radius 1 is 1.18 bits per heavy atom. The van der Waals surface area contributed by atoms with Gasteiger partial charge in [0.1, 0.15) is 17.7 Å². The quantitative estimate of drug-likeness (QED) is 0.506. The van der Waals surface area contributed by atoms with Gasteiger partial charge in [0.05, 0.1) is 18.3 Å². The van der Waals surface area contributed by atoms with Crippen molar-refractivity contribution in [1.29, 1.82) is 5.26 Å². The predicted molar refractivity (Wildman–Crippen MR) is 144 cm³/mol. The van der Waals surface area contributed by atoms with E-state index >= 15 is 0 Å². The van der Waals surface area contributed by atoms with E-state index in [9.17, 15) is 19.6 Å². The molecule has 3 amide bonds. The Kier molecular flexibility index (Phi) is 6.97. The van der Waals surface area contributed by atoms with Crippen molar-refractivity contribution in [1.82, 2.24) is 15.6 Å². The molecule has 2 aromatic rings. The Balaban J connectivity index is 1.30. The highest BCUT2D eigenvalue weighted by molar-refractivity contribution is 7.14. The summed E-state index contributed by atoms with van der Waals surface area (Å²) in [5.41, 5.74) is 2.30. The molecule has 1 aromatic carbocycles. The first-order chi connectivity index (χ1) is 18.2. The number of aryl methyl sites for hydroxylation is 1. The molecule has 9 nitrogen and oxygen atoms in total. The number of anilines is 1. The third-order valence-corrected chi connectivity index (χ3v) is 8.45. The maximum Gasteiger partial charge on any atom is 0.416 e. The number of rotatable bonds is 7. The molecule has 1 aromatic heterocycles. The van der Waals surface area contributed by atoms with Crippen molar-refractivity contribution in [2.75, 3.05) is 18.1 Å². The monoisotopic (exact) mass is 533 g/mol. The van der Waals surface area contributed by atoms with E-state index in [2.05, 4.69) is 21.7 Å². The minimum absolute atomic E-state index is 0.247. The number of nitrogens with zero attached hydrogens (tertiary/aromatic N) is 3. The van der Waals surface area contributed by atoms with E-state index in [-0.39, 0.29) is 17.9 Å². The van der Waals surface area contributed by atoms with E-state index in [1.165, 1.54) is 16.2 Å². The highest BCUT2D eigenvalue weighted by Gasteiger charge is 2.50. The van der Waals surface area contributed by atoms with Gasteiger partial charge >= 0.3 is 6.09 Å². The Hall–Kier alpha value is -3.71. The lowest BCUT2D eigenvalue weighted by Crippen LogP contribution is -2.61. The van der Waals surface area contributed by atoms with Crippen LogP contribution in [0.5, 0.6) is 0 Å². The lowest BCUT2D eigenvalue weighted by molar-refractivity contribution is -0.134. The van der Waals surface area contributed by atoms with E-state index in [4.69, 9.17) is 4.74 Å². The molecular formula is C28H31N5O4S. The Morgan fingerprint density at radius 3 is 2.58 bits per heavy atom. The van der Waals surface area contributed by atoms with Gasteiger partial charge in [0, 0.05) is 16.5 Å². The molecule has 2 heterocycles. The second-order valence-electron chi connectivity index (χ2n) is 10.4. The van der Waals surface area contributed by atoms with Crippen molar-refractivity contribution < 1.29 is 19.1 Å². The van der Waals surface area contributed by atoms with Crippen molar-refractivity contribution in [3.05, 3.63) is 40.3 Å². The number of hydrogen-bond donors (Lipinski definition) is 2. The summed E-state index contributed by atoms with van der Waals surface area (Å²) in [6.45, 7) is 4.58. The topological polar surface area (TPSA) is 124 Å². The molecule has 3 aliphatic rings. The third kappa shape index (κ3) is 5.16. The zero-order valence-electron chi connectivity index (χ0n) is 21.6. The van der Waals surface area contributed by atoms with Gasteiger partial charge in [-0.2, -0.15) is 5.26 Å². The Bertz CT molecular complexity index is 1350. The number of ether oxygens (including phenoxy) is 1. The van der Waals surface area contributed by atoms with Crippen LogP contribution in [0.1, 0.15) is 63.0 Å². The first-order valence-electron chi connectivity index (χ1n) is 13.0. The molecule has 38 heavy (non-hydrogen) atoms. The van der Waals surface area contributed by atoms with Crippen LogP contribution in [0.15, 0.2) is 29.2 Å². The van der Waals surface area contributed by atoms with Gasteiger partial charge in [0.15, 0.2) is 5.13 Å². The molecular weight excluding hydrogens is 502 g/mol. The molecule has 1 saturated heterocycles. The van der Waals surface area contributed by atoms with Crippen LogP contribution in [0, 0.1) is 18.3 Å². The largest absolute Gasteiger partial charge is 0.447 e. The zero-order valence-corrected chi connectivity index (χ0v) is 22.5. The lowest BCUT2D eigenvalue weighted by atomic mass is 9.80. The smallest absolute Gasteiger partial charge is 0.416 e. The van der Waals surface area contributed by atoms with Gasteiger partial charge in [-0.3, -0.25) is 9.59 Å². The number of hydrogen-bond acceptors (Lipinski definition) is 7. The van der Waals surface area contributed by atoms with Crippen LogP contribution in [0.2, 0.25) is 0 Å². The fourth-order valence-electron chi connectivity index (χ4n) is 4.99. The summed E-state index contributed by atoms with van der Waals surface area (Å²) in [7, 11) is 0. The van der Waals surface area contributed by atoms with Crippen LogP contribution < -0.4 is 15.5 Å². The molecule has 2 saturated carbocycles. The highest BCUT2D eigenvalue weighted by Crippen LogP contribution is 2.37. The predicted octanol–water partition coefficient (Wildman–Crippen LogP) is 4.47. The molecule has 2 aliphatic carbocycles. The van der Waals surface area contributed by atoms with E-state index in [1.807, 2.05) is 36.6 Å². The molecule has 0 bridgehead atoms. The molecule has 0 radical (unpaired) electrons. The highest BCUT2D eigenvalue weighted by atomic mass is 32.1. The first-order valence-corrected chi connectivity index (χ1v) is 13.9. The Labute approximate surface area is 225 Å². The summed E-state index contributed by atoms with van der Waals surface area (Å²) >= 11 is 1.40. The number of aromatic nitrogens is 1. The van der Waals surface area contributed by atoms with Crippen LogP contribution in [0.4, 0.5) is 9.93 Å². The summed E-state index contributed by atoms with van der Waals surface area (Å²) in [6, 6.07) is 8.10. The molecule has 1 aliphatic heterocycles. The average molecular weight is 534 g/mol. The normalized spacial score (nSPS) is 19.9. The Morgan fingerprint density at radius 2 is 1.95 bits per heavy atom. The molecule has 198 valence electrons. The van der Waals surface area contributed by atoms with E-state index < -0.39 is 11.1 Å². The fourth-order valence-corrected chi connectivity index (χ4v) is 5.84. The van der Waals surface area contributed by atoms with Gasteiger partial charge in [0.2, 0.25) is 11.8 Å². The van der Waals surface area contributed by atoms with Gasteiger partial charge in [-0.1, -0.05) is 31.4 Å². The van der Waals surface area contributed by atoms with Crippen molar-refractivity contribution in [2.24, 2.45) is 0 Å². The number of nitrogens with one attached hydrogen (secondary N) is 2. The third-order valence-electron chi connectivity index (χ3n) is 7.59. The molecule has 2 N–H and O–H groups in total. The van der Waals surface area contributed by atoms with Crippen LogP contribution in [-0.2, 0) is 14.3 Å². The van der Waals surface area contributed by atoms with Crippen molar-refractivity contribution in [3.63, 3.8) is 0 Å². The first kappa shape index (κ1) is 25.9. The second kappa shape index (κ2) is 10.2. The van der Waals surface area contributed by atoms with Crippen LogP contribution in [0.25, 0.3) is 17.3 Å². The molecule has 3 fully saturated rings. The number of cyclic esters (lactones) is 1. The lowest BCUT2D eigenvalue weighted by Gasteiger charge is -2.37. The van der Waals surface area contributed by atoms with E-state index in [0.717, 1.165) is 41.6 Å². The fraction of sp³-hybridized carbons (Fsp3) is 0.464. The maximum absolute atomic E-state index is 13.3. The standard InChI is InChI=1S/C28H31N5O4S/c1-18-14-21(22-16-38-25(30-22)33-12-13-37-26(33)36)7-6-20(18)15-19(2)23(34)31-28(8-4-3-5-9-28)24(35)32-27(17-29)10-11-27/h6-7,14-16H,3-5,8-13H2,1-2H3,(H,31,34)(H,32,35)/b19-15+. The summed E-state index contributed by atoms with van der Waals surface area (Å²) in [6.07, 6.45) is 6.63. The summed E-state index contributed by atoms with van der Waals surface area (Å²) in [5, 5.41) is 17.9. The van der Waals surface area contributed by atoms with Gasteiger partial charge < -0.3 is 15.4 Å². The maximum atomic E-state index is 13.3. The summed E-state index contributed by atoms with van der Waals surface area (Å²) < 4.78 is 5.00. The summed E-state index contributed by atoms with van der Waals surface area (Å²) in [5.74, 6) is -0.531. The van der Waals surface area contributed by atoms with E-state index in [1.54, 1.807) is 6.92 Å². The molecule has 5 rings (SSSR count). The van der Waals surface area contributed by atoms with Crippen LogP contribution in [0.3, 0.4) is 0 Å².